The molecule has 0 aromatic heterocycles. The summed E-state index contributed by atoms with van der Waals surface area (Å²) >= 11 is 0. The maximum atomic E-state index is 2.35. The molecule has 0 unspecified atom stereocenters. The fourth-order valence-electron chi connectivity index (χ4n) is 6.33. The molecule has 0 spiro atoms. The standard InChI is InChI=1S/C38H24.B/c1-2-11-25(12-3-1)37-32-15-6-8-17-34(32)38(35-18-9-7-16-33(35)37)31-20-10-19-29-30(31)22-21-28-23-26-13-4-5-14-27(26)24-36(28)29;/h1-24H;. The molecule has 0 saturated carbocycles. The summed E-state index contributed by atoms with van der Waals surface area (Å²) in [5.41, 5.74) is 5.14. The number of rotatable bonds is 2. The Morgan fingerprint density at radius 1 is 0.282 bits per heavy atom. The molecule has 8 aromatic carbocycles. The van der Waals surface area contributed by atoms with E-state index in [4.69, 9.17) is 0 Å². The lowest BCUT2D eigenvalue weighted by Crippen LogP contribution is -1.91. The molecule has 8 rings (SSSR count). The molecule has 0 aliphatic rings. The molecule has 8 aromatic rings. The van der Waals surface area contributed by atoms with Crippen LogP contribution in [0.5, 0.6) is 0 Å². The van der Waals surface area contributed by atoms with Crippen molar-refractivity contribution in [3.8, 4) is 22.3 Å². The van der Waals surface area contributed by atoms with Gasteiger partial charge in [0.05, 0.1) is 0 Å². The largest absolute Gasteiger partial charge is 0.0622 e. The Morgan fingerprint density at radius 2 is 0.821 bits per heavy atom. The van der Waals surface area contributed by atoms with Crippen molar-refractivity contribution in [1.29, 1.82) is 0 Å². The van der Waals surface area contributed by atoms with E-state index in [0.29, 0.717) is 0 Å². The van der Waals surface area contributed by atoms with E-state index in [1.54, 1.807) is 0 Å². The first-order chi connectivity index (χ1) is 18.9. The molecule has 0 N–H and O–H groups in total. The van der Waals surface area contributed by atoms with Crippen molar-refractivity contribution in [2.24, 2.45) is 0 Å². The highest BCUT2D eigenvalue weighted by molar-refractivity contribution is 6.25. The van der Waals surface area contributed by atoms with Crippen LogP contribution in [0.3, 0.4) is 0 Å². The minimum Gasteiger partial charge on any atom is -0.0622 e. The zero-order valence-corrected chi connectivity index (χ0v) is 21.4. The monoisotopic (exact) mass is 491 g/mol. The van der Waals surface area contributed by atoms with E-state index in [2.05, 4.69) is 146 Å². The molecule has 0 aliphatic carbocycles. The van der Waals surface area contributed by atoms with Gasteiger partial charge in [0.15, 0.2) is 0 Å². The van der Waals surface area contributed by atoms with Crippen LogP contribution in [0.25, 0.3) is 76.1 Å². The summed E-state index contributed by atoms with van der Waals surface area (Å²) in [6.07, 6.45) is 0. The first-order valence-electron chi connectivity index (χ1n) is 13.2. The zero-order chi connectivity index (χ0) is 25.1. The highest BCUT2D eigenvalue weighted by Crippen LogP contribution is 2.45. The quantitative estimate of drug-likeness (QED) is 0.128. The first-order valence-corrected chi connectivity index (χ1v) is 13.2. The molecule has 0 bridgehead atoms. The van der Waals surface area contributed by atoms with Crippen molar-refractivity contribution in [1.82, 2.24) is 0 Å². The van der Waals surface area contributed by atoms with Gasteiger partial charge in [-0.2, -0.15) is 0 Å². The van der Waals surface area contributed by atoms with Crippen molar-refractivity contribution in [3.05, 3.63) is 146 Å². The molecular formula is C38H24B. The summed E-state index contributed by atoms with van der Waals surface area (Å²) in [5, 5.41) is 12.9. The second-order valence-electron chi connectivity index (χ2n) is 10.1. The lowest BCUT2D eigenvalue weighted by atomic mass is 9.84. The van der Waals surface area contributed by atoms with Crippen LogP contribution in [0.4, 0.5) is 0 Å². The molecule has 0 amide bonds. The zero-order valence-electron chi connectivity index (χ0n) is 21.4. The lowest BCUT2D eigenvalue weighted by Gasteiger charge is -2.19. The third-order valence-corrected chi connectivity index (χ3v) is 8.01. The van der Waals surface area contributed by atoms with Crippen molar-refractivity contribution in [2.75, 3.05) is 0 Å². The van der Waals surface area contributed by atoms with E-state index >= 15 is 0 Å². The minimum absolute atomic E-state index is 0. The number of fused-ring (bicyclic) bond motifs is 6. The molecule has 0 fully saturated rings. The molecule has 3 radical (unpaired) electrons. The highest BCUT2D eigenvalue weighted by atomic mass is 14.2. The fraction of sp³-hybridized carbons (Fsp3) is 0. The Bertz CT molecular complexity index is 2120. The summed E-state index contributed by atoms with van der Waals surface area (Å²) in [6, 6.07) is 53.3. The van der Waals surface area contributed by atoms with Crippen LogP contribution in [-0.2, 0) is 0 Å². The molecular weight excluding hydrogens is 467 g/mol. The van der Waals surface area contributed by atoms with Gasteiger partial charge in [0.1, 0.15) is 0 Å². The predicted molar refractivity (Wildman–Crippen MR) is 171 cm³/mol. The molecule has 0 nitrogen and oxygen atoms in total. The van der Waals surface area contributed by atoms with Gasteiger partial charge in [-0.25, -0.2) is 0 Å². The van der Waals surface area contributed by atoms with E-state index in [0.717, 1.165) is 0 Å². The van der Waals surface area contributed by atoms with Crippen molar-refractivity contribution in [2.45, 2.75) is 0 Å². The summed E-state index contributed by atoms with van der Waals surface area (Å²) in [6.45, 7) is 0. The molecule has 0 heterocycles. The third-order valence-electron chi connectivity index (χ3n) is 8.01. The van der Waals surface area contributed by atoms with Gasteiger partial charge in [-0.05, 0) is 88.2 Å². The highest BCUT2D eigenvalue weighted by Gasteiger charge is 2.18. The van der Waals surface area contributed by atoms with Crippen LogP contribution in [0.15, 0.2) is 146 Å². The SMILES string of the molecule is [B].c1ccc(-c2c3ccccc3c(-c3cccc4c3ccc3cc5ccccc5cc34)c3ccccc23)cc1. The van der Waals surface area contributed by atoms with Gasteiger partial charge in [-0.15, -0.1) is 0 Å². The Kier molecular flexibility index (Phi) is 5.46. The number of hydrogen-bond donors (Lipinski definition) is 0. The Hall–Kier alpha value is -4.88. The lowest BCUT2D eigenvalue weighted by molar-refractivity contribution is 1.66. The van der Waals surface area contributed by atoms with Gasteiger partial charge in [0.2, 0.25) is 0 Å². The maximum Gasteiger partial charge on any atom is 0 e. The third kappa shape index (κ3) is 3.55. The molecule has 39 heavy (non-hydrogen) atoms. The molecule has 0 atom stereocenters. The van der Waals surface area contributed by atoms with Crippen LogP contribution in [-0.4, -0.2) is 8.41 Å². The van der Waals surface area contributed by atoms with Gasteiger partial charge >= 0.3 is 0 Å². The minimum atomic E-state index is 0. The van der Waals surface area contributed by atoms with Gasteiger partial charge in [-0.1, -0.05) is 133 Å². The maximum absolute atomic E-state index is 2.35. The predicted octanol–water partition coefficient (Wildman–Crippen LogP) is 10.4. The summed E-state index contributed by atoms with van der Waals surface area (Å²) in [5.74, 6) is 0. The van der Waals surface area contributed by atoms with Crippen molar-refractivity contribution >= 4 is 62.3 Å². The van der Waals surface area contributed by atoms with Gasteiger partial charge in [-0.3, -0.25) is 0 Å². The van der Waals surface area contributed by atoms with Crippen LogP contribution in [0, 0.1) is 0 Å². The van der Waals surface area contributed by atoms with Crippen LogP contribution >= 0.6 is 0 Å². The average Bonchev–Trinajstić information content (AvgIpc) is 2.99. The van der Waals surface area contributed by atoms with Crippen molar-refractivity contribution in [3.63, 3.8) is 0 Å². The number of hydrogen-bond acceptors (Lipinski definition) is 0. The fourth-order valence-corrected chi connectivity index (χ4v) is 6.33. The normalized spacial score (nSPS) is 11.4. The molecule has 0 aliphatic heterocycles. The first kappa shape index (κ1) is 23.3. The summed E-state index contributed by atoms with van der Waals surface area (Å²) < 4.78 is 0. The Balaban J connectivity index is 0.00000253. The van der Waals surface area contributed by atoms with Gasteiger partial charge in [0, 0.05) is 8.41 Å². The van der Waals surface area contributed by atoms with Crippen LogP contribution in [0.2, 0.25) is 0 Å². The Morgan fingerprint density at radius 3 is 1.49 bits per heavy atom. The van der Waals surface area contributed by atoms with Crippen molar-refractivity contribution < 1.29 is 0 Å². The van der Waals surface area contributed by atoms with Crippen LogP contribution < -0.4 is 0 Å². The van der Waals surface area contributed by atoms with Gasteiger partial charge in [0.25, 0.3) is 0 Å². The topological polar surface area (TPSA) is 0 Å². The average molecular weight is 491 g/mol. The van der Waals surface area contributed by atoms with E-state index in [9.17, 15) is 0 Å². The van der Waals surface area contributed by atoms with E-state index < -0.39 is 0 Å². The Labute approximate surface area is 229 Å². The van der Waals surface area contributed by atoms with Gasteiger partial charge < -0.3 is 0 Å². The smallest absolute Gasteiger partial charge is 0 e. The second-order valence-corrected chi connectivity index (χ2v) is 10.1. The van der Waals surface area contributed by atoms with E-state index in [1.807, 2.05) is 0 Å². The number of benzene rings is 8. The summed E-state index contributed by atoms with van der Waals surface area (Å²) in [4.78, 5) is 0. The molecule has 179 valence electrons. The second kappa shape index (κ2) is 9.15. The molecule has 1 heteroatoms. The van der Waals surface area contributed by atoms with E-state index in [1.165, 1.54) is 76.1 Å². The van der Waals surface area contributed by atoms with Crippen LogP contribution in [0.1, 0.15) is 0 Å². The van der Waals surface area contributed by atoms with E-state index in [-0.39, 0.29) is 8.41 Å². The summed E-state index contributed by atoms with van der Waals surface area (Å²) in [7, 11) is 0. The molecule has 0 saturated heterocycles.